The van der Waals surface area contributed by atoms with Gasteiger partial charge in [0.15, 0.2) is 0 Å². The van der Waals surface area contributed by atoms with Crippen LogP contribution in [0.15, 0.2) is 54.4 Å². The summed E-state index contributed by atoms with van der Waals surface area (Å²) in [6.45, 7) is 2.58. The Labute approximate surface area is 145 Å². The number of anilines is 1. The summed E-state index contributed by atoms with van der Waals surface area (Å²) >= 11 is 0. The van der Waals surface area contributed by atoms with Gasteiger partial charge in [0, 0.05) is 17.8 Å². The highest BCUT2D eigenvalue weighted by Gasteiger charge is 2.25. The molecule has 1 amide bonds. The molecule has 1 heterocycles. The molecular weight excluding hydrogens is 324 g/mol. The SMILES string of the molecule is CC/C(=C\F)COc1ccc2c(c1)CCN(c1ccc(F)cc1)C2=O. The first-order valence-electron chi connectivity index (χ1n) is 8.23. The number of fused-ring (bicyclic) bond motifs is 1. The lowest BCUT2D eigenvalue weighted by atomic mass is 9.98. The fraction of sp³-hybridized carbons (Fsp3) is 0.250. The Morgan fingerprint density at radius 3 is 2.68 bits per heavy atom. The predicted octanol–water partition coefficient (Wildman–Crippen LogP) is 4.67. The van der Waals surface area contributed by atoms with Crippen LogP contribution in [0.1, 0.15) is 29.3 Å². The van der Waals surface area contributed by atoms with E-state index in [2.05, 4.69) is 0 Å². The predicted molar refractivity (Wildman–Crippen MR) is 93.2 cm³/mol. The zero-order valence-electron chi connectivity index (χ0n) is 14.0. The van der Waals surface area contributed by atoms with Gasteiger partial charge >= 0.3 is 0 Å². The number of carbonyl (C=O) groups excluding carboxylic acids is 1. The Morgan fingerprint density at radius 2 is 2.00 bits per heavy atom. The number of rotatable bonds is 5. The molecule has 0 atom stereocenters. The van der Waals surface area contributed by atoms with Gasteiger partial charge in [0.2, 0.25) is 0 Å². The topological polar surface area (TPSA) is 29.5 Å². The normalized spacial score (nSPS) is 14.4. The van der Waals surface area contributed by atoms with E-state index in [0.717, 1.165) is 5.56 Å². The number of amides is 1. The third-order valence-corrected chi connectivity index (χ3v) is 4.33. The van der Waals surface area contributed by atoms with Crippen molar-refractivity contribution in [2.45, 2.75) is 19.8 Å². The lowest BCUT2D eigenvalue weighted by Gasteiger charge is -2.29. The number of hydrogen-bond donors (Lipinski definition) is 0. The summed E-state index contributed by atoms with van der Waals surface area (Å²) in [6.07, 6.45) is 1.84. The van der Waals surface area contributed by atoms with E-state index in [0.29, 0.717) is 48.3 Å². The minimum absolute atomic E-state index is 0.114. The van der Waals surface area contributed by atoms with Crippen molar-refractivity contribution in [1.82, 2.24) is 0 Å². The van der Waals surface area contributed by atoms with Crippen LogP contribution < -0.4 is 9.64 Å². The molecule has 25 heavy (non-hydrogen) atoms. The van der Waals surface area contributed by atoms with Crippen LogP contribution in [-0.2, 0) is 6.42 Å². The van der Waals surface area contributed by atoms with Gasteiger partial charge in [-0.2, -0.15) is 0 Å². The van der Waals surface area contributed by atoms with Crippen molar-refractivity contribution in [3.63, 3.8) is 0 Å². The summed E-state index contributed by atoms with van der Waals surface area (Å²) in [6, 6.07) is 11.2. The maximum atomic E-state index is 13.1. The van der Waals surface area contributed by atoms with Crippen LogP contribution in [0.25, 0.3) is 0 Å². The van der Waals surface area contributed by atoms with Gasteiger partial charge in [-0.15, -0.1) is 0 Å². The third kappa shape index (κ3) is 3.71. The summed E-state index contributed by atoms with van der Waals surface area (Å²) in [5, 5.41) is 0. The summed E-state index contributed by atoms with van der Waals surface area (Å²) in [4.78, 5) is 14.3. The van der Waals surface area contributed by atoms with E-state index in [9.17, 15) is 13.6 Å². The van der Waals surface area contributed by atoms with E-state index in [1.807, 2.05) is 13.0 Å². The van der Waals surface area contributed by atoms with E-state index in [1.54, 1.807) is 29.2 Å². The molecular formula is C20H19F2NO2. The Kier molecular flexibility index (Phi) is 5.12. The average molecular weight is 343 g/mol. The smallest absolute Gasteiger partial charge is 0.258 e. The molecule has 3 nitrogen and oxygen atoms in total. The first kappa shape index (κ1) is 17.1. The summed E-state index contributed by atoms with van der Waals surface area (Å²) < 4.78 is 31.3. The molecule has 2 aromatic rings. The minimum atomic E-state index is -0.329. The van der Waals surface area contributed by atoms with Gasteiger partial charge in [-0.3, -0.25) is 4.79 Å². The lowest BCUT2D eigenvalue weighted by Crippen LogP contribution is -2.37. The number of benzene rings is 2. The van der Waals surface area contributed by atoms with E-state index in [-0.39, 0.29) is 18.3 Å². The molecule has 3 rings (SSSR count). The van der Waals surface area contributed by atoms with Gasteiger partial charge in [-0.25, -0.2) is 8.78 Å². The second-order valence-corrected chi connectivity index (χ2v) is 5.91. The highest BCUT2D eigenvalue weighted by atomic mass is 19.1. The average Bonchev–Trinajstić information content (AvgIpc) is 2.64. The highest BCUT2D eigenvalue weighted by molar-refractivity contribution is 6.08. The minimum Gasteiger partial charge on any atom is -0.489 e. The van der Waals surface area contributed by atoms with Crippen LogP contribution in [0.4, 0.5) is 14.5 Å². The first-order valence-corrected chi connectivity index (χ1v) is 8.23. The van der Waals surface area contributed by atoms with Crippen LogP contribution in [0, 0.1) is 5.82 Å². The van der Waals surface area contributed by atoms with Crippen molar-refractivity contribution in [2.24, 2.45) is 0 Å². The quantitative estimate of drug-likeness (QED) is 0.789. The van der Waals surface area contributed by atoms with Gasteiger partial charge < -0.3 is 9.64 Å². The molecule has 1 aliphatic heterocycles. The van der Waals surface area contributed by atoms with Crippen molar-refractivity contribution in [2.75, 3.05) is 18.1 Å². The molecule has 0 N–H and O–H groups in total. The maximum Gasteiger partial charge on any atom is 0.258 e. The van der Waals surface area contributed by atoms with E-state index < -0.39 is 0 Å². The molecule has 0 bridgehead atoms. The number of nitrogens with zero attached hydrogens (tertiary/aromatic N) is 1. The summed E-state index contributed by atoms with van der Waals surface area (Å²) in [5.74, 6) is 0.177. The molecule has 0 fully saturated rings. The van der Waals surface area contributed by atoms with Crippen LogP contribution in [0.2, 0.25) is 0 Å². The van der Waals surface area contributed by atoms with Crippen molar-refractivity contribution in [3.05, 3.63) is 71.3 Å². The Bertz CT molecular complexity index is 800. The van der Waals surface area contributed by atoms with Gasteiger partial charge in [0.05, 0.1) is 6.33 Å². The summed E-state index contributed by atoms with van der Waals surface area (Å²) in [7, 11) is 0. The zero-order chi connectivity index (χ0) is 17.8. The molecule has 0 unspecified atom stereocenters. The standard InChI is InChI=1S/C20H19F2NO2/c1-2-14(12-21)13-25-18-7-8-19-15(11-18)9-10-23(20(19)24)17-5-3-16(22)4-6-17/h3-8,11-12H,2,9-10,13H2,1H3/b14-12+. The Morgan fingerprint density at radius 1 is 1.24 bits per heavy atom. The number of hydrogen-bond acceptors (Lipinski definition) is 2. The van der Waals surface area contributed by atoms with Gasteiger partial charge in [-0.05, 0) is 66.4 Å². The molecule has 0 aliphatic carbocycles. The Hall–Kier alpha value is -2.69. The van der Waals surface area contributed by atoms with E-state index >= 15 is 0 Å². The van der Waals surface area contributed by atoms with Crippen LogP contribution in [0.3, 0.4) is 0 Å². The molecule has 1 aliphatic rings. The second-order valence-electron chi connectivity index (χ2n) is 5.91. The molecule has 0 radical (unpaired) electrons. The maximum absolute atomic E-state index is 13.1. The van der Waals surface area contributed by atoms with Gasteiger partial charge in [0.1, 0.15) is 18.2 Å². The van der Waals surface area contributed by atoms with Gasteiger partial charge in [0.25, 0.3) is 5.91 Å². The van der Waals surface area contributed by atoms with Crippen molar-refractivity contribution in [3.8, 4) is 5.75 Å². The van der Waals surface area contributed by atoms with Gasteiger partial charge in [-0.1, -0.05) is 6.92 Å². The summed E-state index contributed by atoms with van der Waals surface area (Å²) in [5.41, 5.74) is 2.78. The first-order chi connectivity index (χ1) is 12.1. The Balaban J connectivity index is 1.77. The molecule has 0 saturated carbocycles. The lowest BCUT2D eigenvalue weighted by molar-refractivity contribution is 0.0980. The third-order valence-electron chi connectivity index (χ3n) is 4.33. The number of ether oxygens (including phenoxy) is 1. The van der Waals surface area contributed by atoms with Crippen molar-refractivity contribution < 1.29 is 18.3 Å². The highest BCUT2D eigenvalue weighted by Crippen LogP contribution is 2.27. The van der Waals surface area contributed by atoms with Crippen LogP contribution in [-0.4, -0.2) is 19.1 Å². The number of carbonyl (C=O) groups is 1. The van der Waals surface area contributed by atoms with E-state index in [4.69, 9.17) is 4.74 Å². The largest absolute Gasteiger partial charge is 0.489 e. The fourth-order valence-electron chi connectivity index (χ4n) is 2.81. The molecule has 0 saturated heterocycles. The zero-order valence-corrected chi connectivity index (χ0v) is 14.0. The molecule has 130 valence electrons. The molecule has 2 aromatic carbocycles. The molecule has 0 aromatic heterocycles. The monoisotopic (exact) mass is 343 g/mol. The number of halogens is 2. The van der Waals surface area contributed by atoms with Crippen LogP contribution >= 0.6 is 0 Å². The van der Waals surface area contributed by atoms with Crippen LogP contribution in [0.5, 0.6) is 5.75 Å². The van der Waals surface area contributed by atoms with E-state index in [1.165, 1.54) is 12.1 Å². The van der Waals surface area contributed by atoms with Crippen molar-refractivity contribution >= 4 is 11.6 Å². The van der Waals surface area contributed by atoms with Crippen molar-refractivity contribution in [1.29, 1.82) is 0 Å². The molecule has 0 spiro atoms. The fourth-order valence-corrected chi connectivity index (χ4v) is 2.81. The molecule has 5 heteroatoms. The second kappa shape index (κ2) is 7.47.